The van der Waals surface area contributed by atoms with Gasteiger partial charge in [0, 0.05) is 6.61 Å². The van der Waals surface area contributed by atoms with Gasteiger partial charge in [-0.3, -0.25) is 15.6 Å². The van der Waals surface area contributed by atoms with E-state index in [-0.39, 0.29) is 5.91 Å². The molecule has 2 N–H and O–H groups in total. The minimum absolute atomic E-state index is 0.191. The standard InChI is InChI=1S/C14H22N2O2/c1-5-11-7-9-12(10-8-11)15-16-13(17)14(3,4)18-6-2/h7-10,15H,5-6H2,1-4H3,(H,16,17). The molecule has 100 valence electrons. The molecule has 18 heavy (non-hydrogen) atoms. The van der Waals surface area contributed by atoms with Crippen molar-refractivity contribution in [2.45, 2.75) is 39.7 Å². The summed E-state index contributed by atoms with van der Waals surface area (Å²) >= 11 is 0. The molecule has 1 amide bonds. The first-order chi connectivity index (χ1) is 8.49. The van der Waals surface area contributed by atoms with Crippen LogP contribution < -0.4 is 10.9 Å². The quantitative estimate of drug-likeness (QED) is 0.763. The Kier molecular flexibility index (Phi) is 5.16. The van der Waals surface area contributed by atoms with E-state index in [4.69, 9.17) is 4.74 Å². The number of benzene rings is 1. The molecule has 0 aliphatic rings. The number of hydrazine groups is 1. The minimum atomic E-state index is -0.828. The SMILES string of the molecule is CCOC(C)(C)C(=O)NNc1ccc(CC)cc1. The van der Waals surface area contributed by atoms with Crippen LogP contribution in [0.2, 0.25) is 0 Å². The van der Waals surface area contributed by atoms with Gasteiger partial charge in [-0.1, -0.05) is 19.1 Å². The van der Waals surface area contributed by atoms with Crippen molar-refractivity contribution in [1.82, 2.24) is 5.43 Å². The van der Waals surface area contributed by atoms with E-state index in [1.165, 1.54) is 5.56 Å². The number of ether oxygens (including phenoxy) is 1. The average Bonchev–Trinajstić information content (AvgIpc) is 2.36. The summed E-state index contributed by atoms with van der Waals surface area (Å²) in [4.78, 5) is 11.9. The summed E-state index contributed by atoms with van der Waals surface area (Å²) in [7, 11) is 0. The highest BCUT2D eigenvalue weighted by atomic mass is 16.5. The summed E-state index contributed by atoms with van der Waals surface area (Å²) in [5.74, 6) is -0.191. The predicted molar refractivity (Wildman–Crippen MR) is 73.3 cm³/mol. The van der Waals surface area contributed by atoms with Crippen LogP contribution in [0.4, 0.5) is 5.69 Å². The number of amides is 1. The molecule has 1 aromatic rings. The summed E-state index contributed by atoms with van der Waals surface area (Å²) in [5, 5.41) is 0. The predicted octanol–water partition coefficient (Wildman–Crippen LogP) is 2.51. The average molecular weight is 250 g/mol. The Morgan fingerprint density at radius 3 is 2.33 bits per heavy atom. The molecule has 0 bridgehead atoms. The third-order valence-corrected chi connectivity index (χ3v) is 2.73. The fourth-order valence-electron chi connectivity index (χ4n) is 1.53. The van der Waals surface area contributed by atoms with Crippen molar-refractivity contribution in [3.63, 3.8) is 0 Å². The summed E-state index contributed by atoms with van der Waals surface area (Å²) in [5.41, 5.74) is 6.82. The fourth-order valence-corrected chi connectivity index (χ4v) is 1.53. The zero-order chi connectivity index (χ0) is 13.6. The van der Waals surface area contributed by atoms with Gasteiger partial charge in [0.1, 0.15) is 5.60 Å². The second-order valence-electron chi connectivity index (χ2n) is 4.57. The normalized spacial score (nSPS) is 11.1. The summed E-state index contributed by atoms with van der Waals surface area (Å²) in [6.07, 6.45) is 1.00. The van der Waals surface area contributed by atoms with Crippen LogP contribution in [0, 0.1) is 0 Å². The molecule has 0 atom stereocenters. The maximum absolute atomic E-state index is 11.9. The van der Waals surface area contributed by atoms with E-state index < -0.39 is 5.60 Å². The van der Waals surface area contributed by atoms with Crippen LogP contribution in [-0.4, -0.2) is 18.1 Å². The van der Waals surface area contributed by atoms with Gasteiger partial charge in [0.15, 0.2) is 0 Å². The van der Waals surface area contributed by atoms with Gasteiger partial charge in [0.25, 0.3) is 5.91 Å². The van der Waals surface area contributed by atoms with Crippen molar-refractivity contribution in [2.24, 2.45) is 0 Å². The van der Waals surface area contributed by atoms with Gasteiger partial charge in [-0.25, -0.2) is 0 Å². The van der Waals surface area contributed by atoms with E-state index in [2.05, 4.69) is 17.8 Å². The van der Waals surface area contributed by atoms with Crippen LogP contribution in [0.1, 0.15) is 33.3 Å². The van der Waals surface area contributed by atoms with Gasteiger partial charge in [-0.05, 0) is 44.9 Å². The number of carbonyl (C=O) groups is 1. The lowest BCUT2D eigenvalue weighted by Gasteiger charge is -2.23. The zero-order valence-corrected chi connectivity index (χ0v) is 11.5. The highest BCUT2D eigenvalue weighted by Crippen LogP contribution is 2.11. The Hall–Kier alpha value is -1.55. The Balaban J connectivity index is 2.51. The second-order valence-corrected chi connectivity index (χ2v) is 4.57. The van der Waals surface area contributed by atoms with Gasteiger partial charge < -0.3 is 4.74 Å². The lowest BCUT2D eigenvalue weighted by Crippen LogP contribution is -2.46. The molecule has 0 unspecified atom stereocenters. The zero-order valence-electron chi connectivity index (χ0n) is 11.5. The maximum Gasteiger partial charge on any atom is 0.269 e. The van der Waals surface area contributed by atoms with Gasteiger partial charge in [-0.15, -0.1) is 0 Å². The van der Waals surface area contributed by atoms with Crippen LogP contribution in [-0.2, 0) is 16.0 Å². The molecule has 0 aliphatic carbocycles. The van der Waals surface area contributed by atoms with E-state index in [9.17, 15) is 4.79 Å². The number of carbonyl (C=O) groups excluding carboxylic acids is 1. The number of nitrogens with one attached hydrogen (secondary N) is 2. The van der Waals surface area contributed by atoms with Crippen molar-refractivity contribution in [3.8, 4) is 0 Å². The molecular weight excluding hydrogens is 228 g/mol. The van der Waals surface area contributed by atoms with Crippen molar-refractivity contribution < 1.29 is 9.53 Å². The van der Waals surface area contributed by atoms with E-state index in [1.54, 1.807) is 13.8 Å². The molecule has 0 aromatic heterocycles. The molecule has 0 saturated carbocycles. The van der Waals surface area contributed by atoms with E-state index in [0.29, 0.717) is 6.61 Å². The van der Waals surface area contributed by atoms with Gasteiger partial charge in [-0.2, -0.15) is 0 Å². The van der Waals surface area contributed by atoms with Gasteiger partial charge in [0.2, 0.25) is 0 Å². The lowest BCUT2D eigenvalue weighted by atomic mass is 10.1. The molecule has 0 fully saturated rings. The highest BCUT2D eigenvalue weighted by Gasteiger charge is 2.27. The van der Waals surface area contributed by atoms with Gasteiger partial charge >= 0.3 is 0 Å². The minimum Gasteiger partial charge on any atom is -0.366 e. The van der Waals surface area contributed by atoms with Crippen LogP contribution in [0.5, 0.6) is 0 Å². The largest absolute Gasteiger partial charge is 0.366 e. The summed E-state index contributed by atoms with van der Waals surface area (Å²) in [6, 6.07) is 7.93. The number of hydrogen-bond acceptors (Lipinski definition) is 3. The molecule has 0 saturated heterocycles. The van der Waals surface area contributed by atoms with Crippen LogP contribution in [0.3, 0.4) is 0 Å². The number of aryl methyl sites for hydroxylation is 1. The smallest absolute Gasteiger partial charge is 0.269 e. The molecular formula is C14H22N2O2. The first kappa shape index (κ1) is 14.5. The summed E-state index contributed by atoms with van der Waals surface area (Å²) in [6.45, 7) is 7.97. The summed E-state index contributed by atoms with van der Waals surface area (Å²) < 4.78 is 5.36. The third-order valence-electron chi connectivity index (χ3n) is 2.73. The molecule has 0 radical (unpaired) electrons. The Bertz CT molecular complexity index is 385. The molecule has 0 spiro atoms. The Morgan fingerprint density at radius 1 is 1.22 bits per heavy atom. The second kappa shape index (κ2) is 6.40. The van der Waals surface area contributed by atoms with Crippen molar-refractivity contribution in [2.75, 3.05) is 12.0 Å². The van der Waals surface area contributed by atoms with E-state index in [0.717, 1.165) is 12.1 Å². The number of hydrogen-bond donors (Lipinski definition) is 2. The molecule has 0 heterocycles. The molecule has 4 heteroatoms. The maximum atomic E-state index is 11.9. The fraction of sp³-hybridized carbons (Fsp3) is 0.500. The Morgan fingerprint density at radius 2 is 1.83 bits per heavy atom. The lowest BCUT2D eigenvalue weighted by molar-refractivity contribution is -0.141. The molecule has 4 nitrogen and oxygen atoms in total. The Labute approximate surface area is 109 Å². The van der Waals surface area contributed by atoms with Crippen molar-refractivity contribution in [3.05, 3.63) is 29.8 Å². The molecule has 0 aliphatic heterocycles. The van der Waals surface area contributed by atoms with Crippen LogP contribution >= 0.6 is 0 Å². The van der Waals surface area contributed by atoms with Crippen molar-refractivity contribution in [1.29, 1.82) is 0 Å². The first-order valence-corrected chi connectivity index (χ1v) is 6.29. The van der Waals surface area contributed by atoms with Gasteiger partial charge in [0.05, 0.1) is 5.69 Å². The highest BCUT2D eigenvalue weighted by molar-refractivity contribution is 5.85. The topological polar surface area (TPSA) is 50.4 Å². The number of rotatable bonds is 6. The van der Waals surface area contributed by atoms with Crippen molar-refractivity contribution >= 4 is 11.6 Å². The van der Waals surface area contributed by atoms with Crippen LogP contribution in [0.25, 0.3) is 0 Å². The monoisotopic (exact) mass is 250 g/mol. The number of anilines is 1. The van der Waals surface area contributed by atoms with E-state index >= 15 is 0 Å². The van der Waals surface area contributed by atoms with E-state index in [1.807, 2.05) is 31.2 Å². The molecule has 1 rings (SSSR count). The first-order valence-electron chi connectivity index (χ1n) is 6.29. The molecule has 1 aromatic carbocycles. The van der Waals surface area contributed by atoms with Crippen LogP contribution in [0.15, 0.2) is 24.3 Å². The third kappa shape index (κ3) is 4.04.